The molecule has 2 N–H and O–H groups in total. The molecule has 1 aliphatic heterocycles. The third kappa shape index (κ3) is 2.49. The Morgan fingerprint density at radius 2 is 1.83 bits per heavy atom. The number of piperazine rings is 1. The Kier molecular flexibility index (Phi) is 3.88. The highest BCUT2D eigenvalue weighted by molar-refractivity contribution is 5.75. The zero-order valence-corrected chi connectivity index (χ0v) is 9.70. The van der Waals surface area contributed by atoms with Crippen molar-refractivity contribution in [2.75, 3.05) is 26.2 Å². The second-order valence-corrected chi connectivity index (χ2v) is 4.16. The van der Waals surface area contributed by atoms with Crippen molar-refractivity contribution in [1.82, 2.24) is 10.2 Å². The van der Waals surface area contributed by atoms with E-state index in [-0.39, 0.29) is 5.56 Å². The second kappa shape index (κ2) is 5.41. The van der Waals surface area contributed by atoms with Crippen LogP contribution in [0.3, 0.4) is 0 Å². The Hall–Kier alpha value is -1.53. The minimum Gasteiger partial charge on any atom is -0.480 e. The summed E-state index contributed by atoms with van der Waals surface area (Å²) in [5.41, 5.74) is -0.383. The first kappa shape index (κ1) is 12.9. The molecule has 1 unspecified atom stereocenters. The highest BCUT2D eigenvalue weighted by Gasteiger charge is 2.32. The van der Waals surface area contributed by atoms with Crippen molar-refractivity contribution in [2.24, 2.45) is 0 Å². The summed E-state index contributed by atoms with van der Waals surface area (Å²) >= 11 is 0. The van der Waals surface area contributed by atoms with Crippen LogP contribution in [0.25, 0.3) is 0 Å². The lowest BCUT2D eigenvalue weighted by Crippen LogP contribution is -2.47. The number of benzene rings is 1. The number of nitrogens with one attached hydrogen (secondary N) is 1. The molecule has 1 aromatic rings. The number of carbonyl (C=O) groups is 1. The van der Waals surface area contributed by atoms with Gasteiger partial charge < -0.3 is 10.4 Å². The smallest absolute Gasteiger partial charge is 0.325 e. The number of hydrogen-bond acceptors (Lipinski definition) is 3. The molecule has 0 bridgehead atoms. The van der Waals surface area contributed by atoms with Gasteiger partial charge in [0.2, 0.25) is 0 Å². The Morgan fingerprint density at radius 3 is 2.33 bits per heavy atom. The minimum atomic E-state index is -1.27. The van der Waals surface area contributed by atoms with Crippen molar-refractivity contribution in [1.29, 1.82) is 0 Å². The third-order valence-corrected chi connectivity index (χ3v) is 3.02. The van der Waals surface area contributed by atoms with Crippen LogP contribution in [-0.4, -0.2) is 42.2 Å². The molecule has 6 heteroatoms. The first-order valence-electron chi connectivity index (χ1n) is 5.72. The summed E-state index contributed by atoms with van der Waals surface area (Å²) < 4.78 is 27.3. The maximum Gasteiger partial charge on any atom is 0.325 e. The van der Waals surface area contributed by atoms with Gasteiger partial charge in [-0.15, -0.1) is 0 Å². The van der Waals surface area contributed by atoms with Crippen molar-refractivity contribution >= 4 is 5.97 Å². The topological polar surface area (TPSA) is 52.6 Å². The van der Waals surface area contributed by atoms with Crippen LogP contribution < -0.4 is 5.32 Å². The fourth-order valence-corrected chi connectivity index (χ4v) is 2.17. The first-order chi connectivity index (χ1) is 8.61. The van der Waals surface area contributed by atoms with Gasteiger partial charge in [0.1, 0.15) is 17.7 Å². The Morgan fingerprint density at radius 1 is 1.28 bits per heavy atom. The van der Waals surface area contributed by atoms with Crippen LogP contribution in [0.15, 0.2) is 18.2 Å². The summed E-state index contributed by atoms with van der Waals surface area (Å²) in [6, 6.07) is 2.12. The minimum absolute atomic E-state index is 0.383. The van der Waals surface area contributed by atoms with Crippen LogP contribution >= 0.6 is 0 Å². The normalized spacial score (nSPS) is 18.6. The molecule has 1 fully saturated rings. The molecule has 1 heterocycles. The van der Waals surface area contributed by atoms with E-state index in [0.29, 0.717) is 26.2 Å². The summed E-state index contributed by atoms with van der Waals surface area (Å²) in [4.78, 5) is 12.9. The summed E-state index contributed by atoms with van der Waals surface area (Å²) in [5.74, 6) is -2.87. The van der Waals surface area contributed by atoms with E-state index in [9.17, 15) is 18.7 Å². The SMILES string of the molecule is O=C(O)C(c1c(F)cccc1F)N1CCNCC1. The average Bonchev–Trinajstić information content (AvgIpc) is 2.34. The van der Waals surface area contributed by atoms with E-state index >= 15 is 0 Å². The van der Waals surface area contributed by atoms with Crippen LogP contribution in [-0.2, 0) is 4.79 Å². The quantitative estimate of drug-likeness (QED) is 0.847. The largest absolute Gasteiger partial charge is 0.480 e. The van der Waals surface area contributed by atoms with Crippen LogP contribution in [0.4, 0.5) is 8.78 Å². The van der Waals surface area contributed by atoms with E-state index in [0.717, 1.165) is 12.1 Å². The van der Waals surface area contributed by atoms with Gasteiger partial charge in [-0.1, -0.05) is 6.07 Å². The number of rotatable bonds is 3. The lowest BCUT2D eigenvalue weighted by molar-refractivity contribution is -0.144. The molecule has 1 saturated heterocycles. The summed E-state index contributed by atoms with van der Waals surface area (Å²) in [6.45, 7) is 2.12. The predicted molar refractivity (Wildman–Crippen MR) is 61.2 cm³/mol. The molecule has 0 aliphatic carbocycles. The fourth-order valence-electron chi connectivity index (χ4n) is 2.17. The zero-order chi connectivity index (χ0) is 13.1. The molecule has 1 atom stereocenters. The van der Waals surface area contributed by atoms with Gasteiger partial charge in [-0.2, -0.15) is 0 Å². The first-order valence-corrected chi connectivity index (χ1v) is 5.72. The van der Waals surface area contributed by atoms with Crippen molar-refractivity contribution < 1.29 is 18.7 Å². The molecular formula is C12H14F2N2O2. The van der Waals surface area contributed by atoms with Gasteiger partial charge in [0.05, 0.1) is 5.56 Å². The molecule has 1 aliphatic rings. The van der Waals surface area contributed by atoms with E-state index in [1.54, 1.807) is 4.90 Å². The maximum atomic E-state index is 13.7. The molecule has 2 rings (SSSR count). The average molecular weight is 256 g/mol. The van der Waals surface area contributed by atoms with Crippen molar-refractivity contribution in [2.45, 2.75) is 6.04 Å². The molecule has 18 heavy (non-hydrogen) atoms. The molecule has 1 aromatic carbocycles. The van der Waals surface area contributed by atoms with E-state index in [1.165, 1.54) is 6.07 Å². The number of aliphatic carboxylic acids is 1. The number of hydrogen-bond donors (Lipinski definition) is 2. The third-order valence-electron chi connectivity index (χ3n) is 3.02. The molecule has 98 valence electrons. The zero-order valence-electron chi connectivity index (χ0n) is 9.70. The van der Waals surface area contributed by atoms with Gasteiger partial charge in [-0.25, -0.2) is 8.78 Å². The Bertz CT molecular complexity index is 427. The molecule has 0 aromatic heterocycles. The molecule has 0 spiro atoms. The van der Waals surface area contributed by atoms with Crippen LogP contribution in [0.2, 0.25) is 0 Å². The number of carboxylic acids is 1. The monoisotopic (exact) mass is 256 g/mol. The van der Waals surface area contributed by atoms with Gasteiger partial charge in [-0.3, -0.25) is 9.69 Å². The summed E-state index contributed by atoms with van der Waals surface area (Å²) in [7, 11) is 0. The van der Waals surface area contributed by atoms with Crippen LogP contribution in [0.5, 0.6) is 0 Å². The lowest BCUT2D eigenvalue weighted by Gasteiger charge is -2.32. The molecular weight excluding hydrogens is 242 g/mol. The second-order valence-electron chi connectivity index (χ2n) is 4.16. The molecule has 0 radical (unpaired) electrons. The van der Waals surface area contributed by atoms with Crippen LogP contribution in [0, 0.1) is 11.6 Å². The van der Waals surface area contributed by atoms with Gasteiger partial charge in [0.15, 0.2) is 0 Å². The standard InChI is InChI=1S/C12H14F2N2O2/c13-8-2-1-3-9(14)10(8)11(12(17)18)16-6-4-15-5-7-16/h1-3,11,15H,4-7H2,(H,17,18). The van der Waals surface area contributed by atoms with E-state index < -0.39 is 23.6 Å². The van der Waals surface area contributed by atoms with E-state index in [1.807, 2.05) is 0 Å². The van der Waals surface area contributed by atoms with Crippen molar-refractivity contribution in [3.05, 3.63) is 35.4 Å². The maximum absolute atomic E-state index is 13.7. The number of carboxylic acid groups (broad SMARTS) is 1. The fraction of sp³-hybridized carbons (Fsp3) is 0.417. The van der Waals surface area contributed by atoms with E-state index in [2.05, 4.69) is 5.32 Å². The van der Waals surface area contributed by atoms with Gasteiger partial charge in [-0.05, 0) is 12.1 Å². The Labute approximate surface area is 103 Å². The highest BCUT2D eigenvalue weighted by atomic mass is 19.1. The van der Waals surface area contributed by atoms with Gasteiger partial charge in [0, 0.05) is 26.2 Å². The van der Waals surface area contributed by atoms with Gasteiger partial charge in [0.25, 0.3) is 0 Å². The predicted octanol–water partition coefficient (Wildman–Crippen LogP) is 0.996. The highest BCUT2D eigenvalue weighted by Crippen LogP contribution is 2.26. The summed E-state index contributed by atoms with van der Waals surface area (Å²) in [5, 5.41) is 12.3. The molecule has 0 amide bonds. The van der Waals surface area contributed by atoms with Crippen molar-refractivity contribution in [3.63, 3.8) is 0 Å². The number of halogens is 2. The Balaban J connectivity index is 2.37. The lowest BCUT2D eigenvalue weighted by atomic mass is 10.0. The molecule has 4 nitrogen and oxygen atoms in total. The van der Waals surface area contributed by atoms with Crippen molar-refractivity contribution in [3.8, 4) is 0 Å². The summed E-state index contributed by atoms with van der Waals surface area (Å²) in [6.07, 6.45) is 0. The van der Waals surface area contributed by atoms with Gasteiger partial charge >= 0.3 is 5.97 Å². The van der Waals surface area contributed by atoms with Crippen LogP contribution in [0.1, 0.15) is 11.6 Å². The number of nitrogens with zero attached hydrogens (tertiary/aromatic N) is 1. The van der Waals surface area contributed by atoms with E-state index in [4.69, 9.17) is 0 Å². The molecule has 0 saturated carbocycles.